The van der Waals surface area contributed by atoms with Gasteiger partial charge in [-0.25, -0.2) is 0 Å². The van der Waals surface area contributed by atoms with E-state index in [0.29, 0.717) is 6.04 Å². The van der Waals surface area contributed by atoms with E-state index in [1.54, 1.807) is 14.2 Å². The van der Waals surface area contributed by atoms with Crippen LogP contribution in [-0.4, -0.2) is 20.8 Å². The van der Waals surface area contributed by atoms with Gasteiger partial charge in [0.15, 0.2) is 11.5 Å². The van der Waals surface area contributed by atoms with Gasteiger partial charge in [0, 0.05) is 6.04 Å². The summed E-state index contributed by atoms with van der Waals surface area (Å²) >= 11 is 0. The topological polar surface area (TPSA) is 30.5 Å². The molecule has 0 fully saturated rings. The van der Waals surface area contributed by atoms with Gasteiger partial charge in [-0.3, -0.25) is 0 Å². The van der Waals surface area contributed by atoms with Crippen LogP contribution in [0.15, 0.2) is 30.9 Å². The minimum atomic E-state index is 0.331. The molecular formula is C16H25NO2. The van der Waals surface area contributed by atoms with E-state index in [4.69, 9.17) is 9.47 Å². The lowest BCUT2D eigenvalue weighted by Crippen LogP contribution is -2.22. The summed E-state index contributed by atoms with van der Waals surface area (Å²) in [5.74, 6) is 1.55. The Morgan fingerprint density at radius 1 is 1.26 bits per heavy atom. The molecule has 1 rings (SSSR count). The van der Waals surface area contributed by atoms with E-state index in [-0.39, 0.29) is 0 Å². The molecule has 0 radical (unpaired) electrons. The Morgan fingerprint density at radius 2 is 2.00 bits per heavy atom. The highest BCUT2D eigenvalue weighted by molar-refractivity contribution is 5.43. The number of hydrogen-bond donors (Lipinski definition) is 1. The molecule has 1 atom stereocenters. The normalized spacial score (nSPS) is 11.9. The first kappa shape index (κ1) is 15.6. The van der Waals surface area contributed by atoms with Crippen molar-refractivity contribution in [3.8, 4) is 11.5 Å². The molecule has 0 aliphatic carbocycles. The smallest absolute Gasteiger partial charge is 0.161 e. The van der Waals surface area contributed by atoms with E-state index in [2.05, 4.69) is 31.0 Å². The summed E-state index contributed by atoms with van der Waals surface area (Å²) in [6.45, 7) is 6.98. The van der Waals surface area contributed by atoms with Gasteiger partial charge in [0.25, 0.3) is 0 Å². The van der Waals surface area contributed by atoms with Gasteiger partial charge in [-0.2, -0.15) is 0 Å². The van der Waals surface area contributed by atoms with Crippen molar-refractivity contribution >= 4 is 0 Å². The molecule has 1 aromatic carbocycles. The van der Waals surface area contributed by atoms with Crippen molar-refractivity contribution in [2.75, 3.05) is 20.8 Å². The molecule has 0 amide bonds. The third-order valence-corrected chi connectivity index (χ3v) is 3.11. The number of methoxy groups -OCH3 is 2. The minimum Gasteiger partial charge on any atom is -0.493 e. The zero-order valence-electron chi connectivity index (χ0n) is 12.2. The van der Waals surface area contributed by atoms with Crippen molar-refractivity contribution in [3.63, 3.8) is 0 Å². The molecule has 1 aromatic rings. The van der Waals surface area contributed by atoms with Crippen LogP contribution in [0.1, 0.15) is 37.8 Å². The molecule has 0 bridgehead atoms. The lowest BCUT2D eigenvalue weighted by Gasteiger charge is -2.20. The van der Waals surface area contributed by atoms with Crippen molar-refractivity contribution in [3.05, 3.63) is 36.4 Å². The van der Waals surface area contributed by atoms with Gasteiger partial charge in [-0.05, 0) is 43.5 Å². The van der Waals surface area contributed by atoms with Crippen LogP contribution in [-0.2, 0) is 0 Å². The quantitative estimate of drug-likeness (QED) is 0.689. The zero-order chi connectivity index (χ0) is 14.1. The molecule has 0 saturated heterocycles. The van der Waals surface area contributed by atoms with Crippen LogP contribution in [0.5, 0.6) is 11.5 Å². The van der Waals surface area contributed by atoms with Crippen molar-refractivity contribution < 1.29 is 9.47 Å². The fourth-order valence-corrected chi connectivity index (χ4v) is 2.06. The molecule has 106 valence electrons. The van der Waals surface area contributed by atoms with Crippen LogP contribution in [0.3, 0.4) is 0 Å². The minimum absolute atomic E-state index is 0.331. The molecule has 1 unspecified atom stereocenters. The van der Waals surface area contributed by atoms with Crippen LogP contribution in [0.2, 0.25) is 0 Å². The van der Waals surface area contributed by atoms with Gasteiger partial charge < -0.3 is 14.8 Å². The van der Waals surface area contributed by atoms with Gasteiger partial charge >= 0.3 is 0 Å². The maximum Gasteiger partial charge on any atom is 0.161 e. The summed E-state index contributed by atoms with van der Waals surface area (Å²) in [7, 11) is 3.32. The second-order valence-electron chi connectivity index (χ2n) is 4.49. The first-order chi connectivity index (χ1) is 9.26. The summed E-state index contributed by atoms with van der Waals surface area (Å²) < 4.78 is 10.6. The van der Waals surface area contributed by atoms with Crippen LogP contribution in [0.4, 0.5) is 0 Å². The predicted molar refractivity (Wildman–Crippen MR) is 80.0 cm³/mol. The molecule has 19 heavy (non-hydrogen) atoms. The standard InChI is InChI=1S/C16H25NO2/c1-5-7-8-14(17-11-6-2)13-9-10-15(18-3)16(12-13)19-4/h5,9-10,12,14,17H,1,6-8,11H2,2-4H3. The summed E-state index contributed by atoms with van der Waals surface area (Å²) in [5, 5.41) is 3.57. The van der Waals surface area contributed by atoms with Crippen LogP contribution < -0.4 is 14.8 Å². The number of hydrogen-bond acceptors (Lipinski definition) is 3. The van der Waals surface area contributed by atoms with Gasteiger partial charge in [0.2, 0.25) is 0 Å². The lowest BCUT2D eigenvalue weighted by atomic mass is 10.0. The third-order valence-electron chi connectivity index (χ3n) is 3.11. The molecule has 0 heterocycles. The lowest BCUT2D eigenvalue weighted by molar-refractivity contribution is 0.353. The van der Waals surface area contributed by atoms with Crippen molar-refractivity contribution in [1.82, 2.24) is 5.32 Å². The monoisotopic (exact) mass is 263 g/mol. The number of allylic oxidation sites excluding steroid dienone is 1. The Labute approximate surface area is 116 Å². The summed E-state index contributed by atoms with van der Waals surface area (Å²) in [6, 6.07) is 6.44. The molecule has 0 spiro atoms. The molecule has 3 heteroatoms. The molecule has 0 saturated carbocycles. The first-order valence-corrected chi connectivity index (χ1v) is 6.83. The fraction of sp³-hybridized carbons (Fsp3) is 0.500. The first-order valence-electron chi connectivity index (χ1n) is 6.83. The van der Waals surface area contributed by atoms with Gasteiger partial charge in [-0.1, -0.05) is 19.1 Å². The Kier molecular flexibility index (Phi) is 7.04. The molecule has 1 N–H and O–H groups in total. The van der Waals surface area contributed by atoms with Crippen LogP contribution in [0, 0.1) is 0 Å². The molecule has 0 aromatic heterocycles. The van der Waals surface area contributed by atoms with E-state index >= 15 is 0 Å². The summed E-state index contributed by atoms with van der Waals surface area (Å²) in [5.41, 5.74) is 1.23. The second-order valence-corrected chi connectivity index (χ2v) is 4.49. The van der Waals surface area contributed by atoms with E-state index in [0.717, 1.165) is 37.3 Å². The van der Waals surface area contributed by atoms with Crippen molar-refractivity contribution in [1.29, 1.82) is 0 Å². The molecule has 0 aliphatic rings. The SMILES string of the molecule is C=CCCC(NCCC)c1ccc(OC)c(OC)c1. The average Bonchev–Trinajstić information content (AvgIpc) is 2.46. The number of benzene rings is 1. The Hall–Kier alpha value is -1.48. The highest BCUT2D eigenvalue weighted by atomic mass is 16.5. The number of nitrogens with one attached hydrogen (secondary N) is 1. The highest BCUT2D eigenvalue weighted by Crippen LogP contribution is 2.31. The van der Waals surface area contributed by atoms with E-state index in [1.807, 2.05) is 12.1 Å². The van der Waals surface area contributed by atoms with Gasteiger partial charge in [0.1, 0.15) is 0 Å². The Bertz CT molecular complexity index is 390. The number of ether oxygens (including phenoxy) is 2. The molecular weight excluding hydrogens is 238 g/mol. The Balaban J connectivity index is 2.90. The highest BCUT2D eigenvalue weighted by Gasteiger charge is 2.13. The van der Waals surface area contributed by atoms with E-state index in [9.17, 15) is 0 Å². The van der Waals surface area contributed by atoms with Crippen LogP contribution >= 0.6 is 0 Å². The second kappa shape index (κ2) is 8.59. The third kappa shape index (κ3) is 4.60. The van der Waals surface area contributed by atoms with Gasteiger partial charge in [-0.15, -0.1) is 6.58 Å². The van der Waals surface area contributed by atoms with Crippen molar-refractivity contribution in [2.24, 2.45) is 0 Å². The fourth-order valence-electron chi connectivity index (χ4n) is 2.06. The molecule has 0 aliphatic heterocycles. The van der Waals surface area contributed by atoms with Gasteiger partial charge in [0.05, 0.1) is 14.2 Å². The maximum atomic E-state index is 5.36. The summed E-state index contributed by atoms with van der Waals surface area (Å²) in [4.78, 5) is 0. The maximum absolute atomic E-state index is 5.36. The number of rotatable bonds is 9. The van der Waals surface area contributed by atoms with Crippen molar-refractivity contribution in [2.45, 2.75) is 32.2 Å². The largest absolute Gasteiger partial charge is 0.493 e. The average molecular weight is 263 g/mol. The van der Waals surface area contributed by atoms with E-state index in [1.165, 1.54) is 5.56 Å². The predicted octanol–water partition coefficient (Wildman–Crippen LogP) is 3.71. The zero-order valence-corrected chi connectivity index (χ0v) is 12.2. The Morgan fingerprint density at radius 3 is 2.58 bits per heavy atom. The van der Waals surface area contributed by atoms with Crippen LogP contribution in [0.25, 0.3) is 0 Å². The van der Waals surface area contributed by atoms with E-state index < -0.39 is 0 Å². The molecule has 3 nitrogen and oxygen atoms in total. The summed E-state index contributed by atoms with van der Waals surface area (Å²) in [6.07, 6.45) is 5.12.